The fourth-order valence-corrected chi connectivity index (χ4v) is 10.4. The molecule has 4 saturated heterocycles. The summed E-state index contributed by atoms with van der Waals surface area (Å²) in [5.74, 6) is -0.428. The molecule has 15 nitrogen and oxygen atoms in total. The molecular formula is C47H55ClFN9O6. The van der Waals surface area contributed by atoms with E-state index in [9.17, 15) is 24.0 Å². The largest absolute Gasteiger partial charge is 0.490 e. The quantitative estimate of drug-likeness (QED) is 0.181. The Bertz CT molecular complexity index is 2270. The van der Waals surface area contributed by atoms with Gasteiger partial charge in [-0.15, -0.1) is 10.2 Å². The van der Waals surface area contributed by atoms with Crippen LogP contribution in [0.25, 0.3) is 0 Å². The lowest BCUT2D eigenvalue weighted by atomic mass is 9.71. The van der Waals surface area contributed by atoms with Crippen LogP contribution in [0.15, 0.2) is 42.5 Å². The second kappa shape index (κ2) is 19.6. The third-order valence-corrected chi connectivity index (χ3v) is 14.6. The van der Waals surface area contributed by atoms with Gasteiger partial charge in [0.25, 0.3) is 11.8 Å². The standard InChI is InChI=1S/C47H55ClFN9O6/c1-55(40-9-11-43(60)52-45(40)62)46(63)36-26-41(38(49)24-32(36)29-59)57-18-12-30(13-19-57)28-56-20-14-47(15-21-56)16-22-58(23-17-47)42-10-8-39(53-54-42)44(61)51-33-3-6-34(7-4-33)64-35-5-2-31(27-50)37(48)25-35/h2,5,8,10,24-26,29-30,33-34,40H,3-4,6-7,9,11-23,28H2,1H3,(H,51,61)(H,52,60,62). The zero-order valence-electron chi connectivity index (χ0n) is 36.2. The molecule has 3 aromatic rings. The summed E-state index contributed by atoms with van der Waals surface area (Å²) in [7, 11) is 1.46. The molecule has 5 aliphatic rings. The number of benzene rings is 2. The fraction of sp³-hybridized carbons (Fsp3) is 0.532. The van der Waals surface area contributed by atoms with Gasteiger partial charge in [0.15, 0.2) is 17.8 Å². The van der Waals surface area contributed by atoms with Crippen molar-refractivity contribution in [3.05, 3.63) is 75.7 Å². The minimum Gasteiger partial charge on any atom is -0.490 e. The summed E-state index contributed by atoms with van der Waals surface area (Å²) in [6.45, 7) is 6.10. The minimum atomic E-state index is -0.859. The van der Waals surface area contributed by atoms with Gasteiger partial charge in [0.2, 0.25) is 11.8 Å². The summed E-state index contributed by atoms with van der Waals surface area (Å²) in [5, 5.41) is 23.6. The molecule has 2 aromatic carbocycles. The van der Waals surface area contributed by atoms with E-state index in [0.29, 0.717) is 52.7 Å². The van der Waals surface area contributed by atoms with Gasteiger partial charge >= 0.3 is 0 Å². The summed E-state index contributed by atoms with van der Waals surface area (Å²) in [6.07, 6.45) is 10.1. The maximum atomic E-state index is 15.4. The van der Waals surface area contributed by atoms with E-state index in [0.717, 1.165) is 109 Å². The molecular weight excluding hydrogens is 841 g/mol. The van der Waals surface area contributed by atoms with Crippen LogP contribution < -0.4 is 25.2 Å². The predicted molar refractivity (Wildman–Crippen MR) is 237 cm³/mol. The number of carbonyl (C=O) groups is 5. The molecule has 1 spiro atoms. The van der Waals surface area contributed by atoms with Gasteiger partial charge in [-0.05, 0) is 131 Å². The van der Waals surface area contributed by atoms with Crippen molar-refractivity contribution in [2.75, 3.05) is 62.7 Å². The predicted octanol–water partition coefficient (Wildman–Crippen LogP) is 5.55. The van der Waals surface area contributed by atoms with E-state index >= 15 is 4.39 Å². The lowest BCUT2D eigenvalue weighted by Crippen LogP contribution is -2.53. The number of rotatable bonds is 11. The molecule has 1 aromatic heterocycles. The number of hydrogen-bond acceptors (Lipinski definition) is 12. The van der Waals surface area contributed by atoms with E-state index in [1.165, 1.54) is 18.0 Å². The number of imide groups is 1. The normalized spacial score (nSPS) is 22.9. The Kier molecular flexibility index (Phi) is 13.8. The zero-order valence-corrected chi connectivity index (χ0v) is 37.0. The molecule has 4 amide bonds. The molecule has 1 saturated carbocycles. The number of aldehydes is 1. The first kappa shape index (κ1) is 44.9. The first-order chi connectivity index (χ1) is 30.9. The smallest absolute Gasteiger partial charge is 0.272 e. The van der Waals surface area contributed by atoms with Gasteiger partial charge in [0.05, 0.1) is 27.9 Å². The number of piperidine rings is 4. The molecule has 1 unspecified atom stereocenters. The van der Waals surface area contributed by atoms with Crippen LogP contribution in [0.3, 0.4) is 0 Å². The SMILES string of the molecule is CN(C(=O)c1cc(N2CCC(CN3CCC4(CC3)CCN(c3ccc(C(=O)NC5CCC(Oc6ccc(C#N)c(Cl)c6)CC5)nn3)CC4)CC2)c(F)cc1C=O)C1CCC(=O)NC1=O. The average Bonchev–Trinajstić information content (AvgIpc) is 3.30. The van der Waals surface area contributed by atoms with Crippen molar-refractivity contribution in [1.82, 2.24) is 30.6 Å². The van der Waals surface area contributed by atoms with E-state index < -0.39 is 29.6 Å². The van der Waals surface area contributed by atoms with Crippen LogP contribution in [0, 0.1) is 28.5 Å². The Morgan fingerprint density at radius 1 is 0.953 bits per heavy atom. The number of carbonyl (C=O) groups excluding carboxylic acids is 5. The van der Waals surface area contributed by atoms with Crippen LogP contribution in [0.4, 0.5) is 15.9 Å². The number of aromatic nitrogens is 2. The molecule has 338 valence electrons. The van der Waals surface area contributed by atoms with Gasteiger partial charge in [0.1, 0.15) is 23.7 Å². The van der Waals surface area contributed by atoms with Crippen molar-refractivity contribution in [2.24, 2.45) is 11.3 Å². The van der Waals surface area contributed by atoms with Gasteiger partial charge in [-0.3, -0.25) is 29.3 Å². The van der Waals surface area contributed by atoms with Gasteiger partial charge in [-0.1, -0.05) is 11.6 Å². The van der Waals surface area contributed by atoms with Crippen molar-refractivity contribution < 1.29 is 33.1 Å². The van der Waals surface area contributed by atoms with Crippen LogP contribution in [0.5, 0.6) is 5.75 Å². The molecule has 1 aliphatic carbocycles. The lowest BCUT2D eigenvalue weighted by molar-refractivity contribution is -0.136. The van der Waals surface area contributed by atoms with E-state index in [1.807, 2.05) is 11.0 Å². The van der Waals surface area contributed by atoms with Gasteiger partial charge in [-0.25, -0.2) is 4.39 Å². The number of nitriles is 1. The molecule has 1 atom stereocenters. The van der Waals surface area contributed by atoms with Crippen LogP contribution in [-0.4, -0.2) is 121 Å². The molecule has 0 radical (unpaired) electrons. The molecule has 17 heteroatoms. The Morgan fingerprint density at radius 3 is 2.31 bits per heavy atom. The second-order valence-electron chi connectivity index (χ2n) is 18.2. The first-order valence-electron chi connectivity index (χ1n) is 22.5. The first-order valence-corrected chi connectivity index (χ1v) is 22.9. The number of nitrogens with zero attached hydrogens (tertiary/aromatic N) is 7. The molecule has 0 bridgehead atoms. The van der Waals surface area contributed by atoms with Crippen LogP contribution in [0.1, 0.15) is 114 Å². The summed E-state index contributed by atoms with van der Waals surface area (Å²) >= 11 is 6.16. The number of likely N-dealkylation sites (tertiary alicyclic amines) is 1. The lowest BCUT2D eigenvalue weighted by Gasteiger charge is -2.48. The number of amides is 4. The molecule has 4 aliphatic heterocycles. The third kappa shape index (κ3) is 10.2. The van der Waals surface area contributed by atoms with Crippen molar-refractivity contribution in [1.29, 1.82) is 5.26 Å². The maximum Gasteiger partial charge on any atom is 0.272 e. The number of nitrogens with one attached hydrogen (secondary N) is 2. The van der Waals surface area contributed by atoms with Crippen molar-refractivity contribution >= 4 is 53.0 Å². The Labute approximate surface area is 377 Å². The highest BCUT2D eigenvalue weighted by Gasteiger charge is 2.39. The minimum absolute atomic E-state index is 0.0153. The van der Waals surface area contributed by atoms with Gasteiger partial charge in [0, 0.05) is 63.9 Å². The van der Waals surface area contributed by atoms with E-state index in [4.69, 9.17) is 21.6 Å². The number of ether oxygens (including phenoxy) is 1. The number of halogens is 2. The summed E-state index contributed by atoms with van der Waals surface area (Å²) in [6, 6.07) is 12.5. The number of anilines is 2. The summed E-state index contributed by atoms with van der Waals surface area (Å²) in [5.41, 5.74) is 1.25. The van der Waals surface area contributed by atoms with Gasteiger partial charge < -0.3 is 29.7 Å². The van der Waals surface area contributed by atoms with Crippen molar-refractivity contribution in [2.45, 2.75) is 95.2 Å². The molecule has 64 heavy (non-hydrogen) atoms. The number of likely N-dealkylation sites (N-methyl/N-ethyl adjacent to an activating group) is 1. The van der Waals surface area contributed by atoms with E-state index in [1.54, 1.807) is 24.3 Å². The Morgan fingerprint density at radius 2 is 1.67 bits per heavy atom. The Balaban J connectivity index is 0.752. The van der Waals surface area contributed by atoms with Crippen LogP contribution in [0.2, 0.25) is 5.02 Å². The van der Waals surface area contributed by atoms with Gasteiger partial charge in [-0.2, -0.15) is 5.26 Å². The highest BCUT2D eigenvalue weighted by atomic mass is 35.5. The number of hydrogen-bond donors (Lipinski definition) is 2. The monoisotopic (exact) mass is 895 g/mol. The second-order valence-corrected chi connectivity index (χ2v) is 18.6. The fourth-order valence-electron chi connectivity index (χ4n) is 10.2. The van der Waals surface area contributed by atoms with Crippen LogP contribution in [-0.2, 0) is 9.59 Å². The van der Waals surface area contributed by atoms with E-state index in [2.05, 4.69) is 36.7 Å². The topological polar surface area (TPSA) is 181 Å². The summed E-state index contributed by atoms with van der Waals surface area (Å²) in [4.78, 5) is 70.6. The van der Waals surface area contributed by atoms with Crippen molar-refractivity contribution in [3.63, 3.8) is 0 Å². The third-order valence-electron chi connectivity index (χ3n) is 14.3. The Hall–Kier alpha value is -5.66. The molecule has 2 N–H and O–H groups in total. The van der Waals surface area contributed by atoms with Crippen LogP contribution >= 0.6 is 11.6 Å². The van der Waals surface area contributed by atoms with E-state index in [-0.39, 0.29) is 47.7 Å². The maximum absolute atomic E-state index is 15.4. The molecule has 5 fully saturated rings. The summed E-state index contributed by atoms with van der Waals surface area (Å²) < 4.78 is 21.5. The van der Waals surface area contributed by atoms with Crippen molar-refractivity contribution in [3.8, 4) is 11.8 Å². The zero-order chi connectivity index (χ0) is 45.0. The highest BCUT2D eigenvalue weighted by molar-refractivity contribution is 6.31. The molecule has 5 heterocycles. The highest BCUT2D eigenvalue weighted by Crippen LogP contribution is 2.42. The average molecular weight is 896 g/mol. The molecule has 8 rings (SSSR count).